The smallest absolute Gasteiger partial charge is 0.253 e. The Labute approximate surface area is 185 Å². The van der Waals surface area contributed by atoms with Gasteiger partial charge < -0.3 is 9.64 Å². The van der Waals surface area contributed by atoms with Gasteiger partial charge in [-0.3, -0.25) is 14.5 Å². The van der Waals surface area contributed by atoms with E-state index >= 15 is 0 Å². The van der Waals surface area contributed by atoms with Crippen LogP contribution in [0.15, 0.2) is 48.5 Å². The van der Waals surface area contributed by atoms with E-state index in [1.165, 1.54) is 24.8 Å². The van der Waals surface area contributed by atoms with Crippen LogP contribution in [0, 0.1) is 5.92 Å². The van der Waals surface area contributed by atoms with Crippen LogP contribution in [0.25, 0.3) is 0 Å². The first-order valence-electron chi connectivity index (χ1n) is 11.4. The molecule has 0 radical (unpaired) electrons. The van der Waals surface area contributed by atoms with Gasteiger partial charge in [0.1, 0.15) is 5.75 Å². The number of Topliss-reactive ketones (excluding diaryl/α,β-unsaturated/α-hetero) is 1. The van der Waals surface area contributed by atoms with E-state index < -0.39 is 0 Å². The molecule has 2 heterocycles. The third-order valence-electron chi connectivity index (χ3n) is 6.51. The number of benzene rings is 2. The Morgan fingerprint density at radius 1 is 0.935 bits per heavy atom. The fraction of sp³-hybridized carbons (Fsp3) is 0.462. The normalized spacial score (nSPS) is 19.8. The van der Waals surface area contributed by atoms with Crippen molar-refractivity contribution in [1.82, 2.24) is 9.80 Å². The number of amides is 1. The van der Waals surface area contributed by atoms with Gasteiger partial charge in [0.15, 0.2) is 5.78 Å². The predicted molar refractivity (Wildman–Crippen MR) is 122 cm³/mol. The van der Waals surface area contributed by atoms with Crippen molar-refractivity contribution < 1.29 is 14.3 Å². The van der Waals surface area contributed by atoms with Crippen molar-refractivity contribution in [3.05, 3.63) is 65.2 Å². The fourth-order valence-electron chi connectivity index (χ4n) is 4.75. The molecule has 164 valence electrons. The average molecular weight is 421 g/mol. The second-order valence-electron chi connectivity index (χ2n) is 8.69. The number of methoxy groups -OCH3 is 1. The van der Waals surface area contributed by atoms with Crippen molar-refractivity contribution in [2.45, 2.75) is 38.6 Å². The lowest BCUT2D eigenvalue weighted by molar-refractivity contribution is 0.0636. The van der Waals surface area contributed by atoms with Crippen LogP contribution in [-0.4, -0.2) is 54.8 Å². The number of rotatable bonds is 6. The molecule has 2 aliphatic heterocycles. The molecule has 0 N–H and O–H groups in total. The number of hydrogen-bond acceptors (Lipinski definition) is 4. The highest BCUT2D eigenvalue weighted by atomic mass is 16.5. The number of ketones is 1. The highest BCUT2D eigenvalue weighted by Crippen LogP contribution is 2.27. The summed E-state index contributed by atoms with van der Waals surface area (Å²) in [4.78, 5) is 30.5. The second-order valence-corrected chi connectivity index (χ2v) is 8.69. The van der Waals surface area contributed by atoms with Gasteiger partial charge >= 0.3 is 0 Å². The molecule has 0 spiro atoms. The molecule has 2 fully saturated rings. The average Bonchev–Trinajstić information content (AvgIpc) is 2.84. The van der Waals surface area contributed by atoms with Gasteiger partial charge in [0.05, 0.1) is 12.7 Å². The number of piperidine rings is 2. The van der Waals surface area contributed by atoms with Crippen molar-refractivity contribution in [3.8, 4) is 5.75 Å². The van der Waals surface area contributed by atoms with Crippen molar-refractivity contribution in [2.24, 2.45) is 5.92 Å². The Kier molecular flexibility index (Phi) is 7.03. The minimum absolute atomic E-state index is 0.0158. The number of carbonyl (C=O) groups is 2. The number of hydrogen-bond donors (Lipinski definition) is 0. The highest BCUT2D eigenvalue weighted by Gasteiger charge is 2.30. The molecule has 0 saturated carbocycles. The molecule has 31 heavy (non-hydrogen) atoms. The minimum atomic E-state index is -0.188. The first-order chi connectivity index (χ1) is 15.2. The summed E-state index contributed by atoms with van der Waals surface area (Å²) in [5, 5.41) is 0. The van der Waals surface area contributed by atoms with Gasteiger partial charge in [-0.2, -0.15) is 0 Å². The summed E-state index contributed by atoms with van der Waals surface area (Å²) in [5.41, 5.74) is 2.56. The standard InChI is InChI=1S/C26H32N2O3/c1-31-24-10-4-3-9-23(24)25(29)22-8-7-17-28(19-22)26(30)21-13-11-20(12-14-21)18-27-15-5-2-6-16-27/h3-4,9-14,22H,2,5-8,15-19H2,1H3. The minimum Gasteiger partial charge on any atom is -0.496 e. The van der Waals surface area contributed by atoms with Gasteiger partial charge in [-0.1, -0.05) is 30.7 Å². The predicted octanol–water partition coefficient (Wildman–Crippen LogP) is 4.42. The van der Waals surface area contributed by atoms with Gasteiger partial charge in [-0.25, -0.2) is 0 Å². The number of nitrogens with zero attached hydrogens (tertiary/aromatic N) is 2. The Morgan fingerprint density at radius 2 is 1.68 bits per heavy atom. The Morgan fingerprint density at radius 3 is 2.42 bits per heavy atom. The van der Waals surface area contributed by atoms with Gasteiger partial charge in [0.25, 0.3) is 5.91 Å². The van der Waals surface area contributed by atoms with Crippen LogP contribution in [-0.2, 0) is 6.54 Å². The maximum atomic E-state index is 13.1. The quantitative estimate of drug-likeness (QED) is 0.650. The Hall–Kier alpha value is -2.66. The molecule has 1 amide bonds. The zero-order valence-corrected chi connectivity index (χ0v) is 18.4. The lowest BCUT2D eigenvalue weighted by Crippen LogP contribution is -2.42. The lowest BCUT2D eigenvalue weighted by Gasteiger charge is -2.32. The zero-order chi connectivity index (χ0) is 21.6. The van der Waals surface area contributed by atoms with Crippen molar-refractivity contribution >= 4 is 11.7 Å². The van der Waals surface area contributed by atoms with E-state index in [0.29, 0.717) is 30.0 Å². The molecule has 4 rings (SSSR count). The number of ether oxygens (including phenoxy) is 1. The molecule has 2 aromatic carbocycles. The first-order valence-corrected chi connectivity index (χ1v) is 11.4. The van der Waals surface area contributed by atoms with Gasteiger partial charge in [0, 0.05) is 31.1 Å². The highest BCUT2D eigenvalue weighted by molar-refractivity contribution is 6.01. The molecular formula is C26H32N2O3. The molecule has 2 saturated heterocycles. The summed E-state index contributed by atoms with van der Waals surface area (Å²) in [5.74, 6) is 0.487. The largest absolute Gasteiger partial charge is 0.496 e. The SMILES string of the molecule is COc1ccccc1C(=O)C1CCCN(C(=O)c2ccc(CN3CCCCC3)cc2)C1. The molecule has 0 bridgehead atoms. The molecule has 2 aliphatic rings. The summed E-state index contributed by atoms with van der Waals surface area (Å²) in [6, 6.07) is 15.4. The van der Waals surface area contributed by atoms with Gasteiger partial charge in [-0.05, 0) is 68.6 Å². The van der Waals surface area contributed by atoms with E-state index in [0.717, 1.165) is 32.5 Å². The topological polar surface area (TPSA) is 49.9 Å². The molecule has 5 heteroatoms. The van der Waals surface area contributed by atoms with Gasteiger partial charge in [0.2, 0.25) is 0 Å². The van der Waals surface area contributed by atoms with Crippen LogP contribution in [0.1, 0.15) is 58.4 Å². The van der Waals surface area contributed by atoms with Crippen molar-refractivity contribution in [1.29, 1.82) is 0 Å². The summed E-state index contributed by atoms with van der Waals surface area (Å²) in [6.45, 7) is 4.44. The van der Waals surface area contributed by atoms with Crippen LogP contribution in [0.4, 0.5) is 0 Å². The molecular weight excluding hydrogens is 388 g/mol. The summed E-state index contributed by atoms with van der Waals surface area (Å²) >= 11 is 0. The maximum Gasteiger partial charge on any atom is 0.253 e. The van der Waals surface area contributed by atoms with E-state index in [9.17, 15) is 9.59 Å². The monoisotopic (exact) mass is 420 g/mol. The fourth-order valence-corrected chi connectivity index (χ4v) is 4.75. The van der Waals surface area contributed by atoms with Crippen LogP contribution >= 0.6 is 0 Å². The summed E-state index contributed by atoms with van der Waals surface area (Å²) in [6.07, 6.45) is 5.53. The molecule has 1 atom stereocenters. The third kappa shape index (κ3) is 5.16. The molecule has 0 aromatic heterocycles. The Bertz CT molecular complexity index is 903. The van der Waals surface area contributed by atoms with Crippen LogP contribution < -0.4 is 4.74 Å². The first kappa shape index (κ1) is 21.6. The van der Waals surface area contributed by atoms with E-state index in [1.807, 2.05) is 41.3 Å². The Balaban J connectivity index is 1.39. The second kappa shape index (κ2) is 10.1. The lowest BCUT2D eigenvalue weighted by atomic mass is 9.89. The van der Waals surface area contributed by atoms with E-state index in [2.05, 4.69) is 17.0 Å². The van der Waals surface area contributed by atoms with Crippen LogP contribution in [0.5, 0.6) is 5.75 Å². The molecule has 0 aliphatic carbocycles. The summed E-state index contributed by atoms with van der Waals surface area (Å²) in [7, 11) is 1.58. The molecule has 1 unspecified atom stereocenters. The van der Waals surface area contributed by atoms with Crippen LogP contribution in [0.2, 0.25) is 0 Å². The number of carbonyl (C=O) groups excluding carboxylic acids is 2. The van der Waals surface area contributed by atoms with Crippen molar-refractivity contribution in [3.63, 3.8) is 0 Å². The molecule has 2 aromatic rings. The van der Waals surface area contributed by atoms with E-state index in [1.54, 1.807) is 7.11 Å². The van der Waals surface area contributed by atoms with Crippen molar-refractivity contribution in [2.75, 3.05) is 33.3 Å². The zero-order valence-electron chi connectivity index (χ0n) is 18.4. The third-order valence-corrected chi connectivity index (χ3v) is 6.51. The maximum absolute atomic E-state index is 13.1. The molecule has 5 nitrogen and oxygen atoms in total. The van der Waals surface area contributed by atoms with E-state index in [-0.39, 0.29) is 17.6 Å². The number of likely N-dealkylation sites (tertiary alicyclic amines) is 2. The summed E-state index contributed by atoms with van der Waals surface area (Å²) < 4.78 is 5.36. The van der Waals surface area contributed by atoms with Crippen LogP contribution in [0.3, 0.4) is 0 Å². The van der Waals surface area contributed by atoms with Gasteiger partial charge in [-0.15, -0.1) is 0 Å². The van der Waals surface area contributed by atoms with E-state index in [4.69, 9.17) is 4.74 Å². The number of para-hydroxylation sites is 1.